The first-order chi connectivity index (χ1) is 9.19. The van der Waals surface area contributed by atoms with Gasteiger partial charge < -0.3 is 5.73 Å². The van der Waals surface area contributed by atoms with E-state index in [1.807, 2.05) is 19.2 Å². The first-order valence-electron chi connectivity index (χ1n) is 7.01. The van der Waals surface area contributed by atoms with Gasteiger partial charge in [-0.05, 0) is 44.5 Å². The van der Waals surface area contributed by atoms with Gasteiger partial charge >= 0.3 is 0 Å². The number of aromatic nitrogens is 3. The lowest BCUT2D eigenvalue weighted by molar-refractivity contribution is 0.246. The minimum atomic E-state index is 0.563. The molecule has 5 nitrogen and oxygen atoms in total. The summed E-state index contributed by atoms with van der Waals surface area (Å²) in [5.74, 6) is 0.580. The summed E-state index contributed by atoms with van der Waals surface area (Å²) in [5, 5.41) is 0. The van der Waals surface area contributed by atoms with Crippen LogP contribution in [-0.2, 0) is 6.54 Å². The van der Waals surface area contributed by atoms with Crippen molar-refractivity contribution < 1.29 is 0 Å². The molecule has 0 amide bonds. The molecule has 0 aliphatic carbocycles. The molecule has 1 fully saturated rings. The van der Waals surface area contributed by atoms with Gasteiger partial charge in [0.2, 0.25) is 5.95 Å². The highest BCUT2D eigenvalue weighted by Gasteiger charge is 2.24. The fourth-order valence-electron chi connectivity index (χ4n) is 3.04. The second-order valence-electron chi connectivity index (χ2n) is 5.36. The Kier molecular flexibility index (Phi) is 3.14. The van der Waals surface area contributed by atoms with Gasteiger partial charge in [-0.3, -0.25) is 9.47 Å². The van der Waals surface area contributed by atoms with Gasteiger partial charge in [0.15, 0.2) is 5.65 Å². The van der Waals surface area contributed by atoms with Crippen LogP contribution < -0.4 is 5.73 Å². The van der Waals surface area contributed by atoms with Gasteiger partial charge in [0.25, 0.3) is 0 Å². The molecule has 0 spiro atoms. The zero-order valence-electron chi connectivity index (χ0n) is 11.6. The number of anilines is 1. The lowest BCUT2D eigenvalue weighted by Crippen LogP contribution is -2.33. The van der Waals surface area contributed by atoms with Crippen molar-refractivity contribution in [2.45, 2.75) is 39.3 Å². The predicted octanol–water partition coefficient (Wildman–Crippen LogP) is 1.81. The van der Waals surface area contributed by atoms with E-state index in [-0.39, 0.29) is 0 Å². The second kappa shape index (κ2) is 4.81. The predicted molar refractivity (Wildman–Crippen MR) is 76.9 cm³/mol. The van der Waals surface area contributed by atoms with E-state index >= 15 is 0 Å². The number of imidazole rings is 1. The minimum absolute atomic E-state index is 0.563. The number of likely N-dealkylation sites (N-methyl/N-ethyl adjacent to an activating group) is 1. The standard InChI is InChI=1S/C14H21N5/c1-3-18-6-4-5-11(18)9-19-13-12(17-14(19)15)7-10(2)8-16-13/h7-8,11H,3-6,9H2,1-2H3,(H2,15,17). The molecule has 0 radical (unpaired) electrons. The van der Waals surface area contributed by atoms with E-state index in [2.05, 4.69) is 26.4 Å². The van der Waals surface area contributed by atoms with Crippen LogP contribution in [0.15, 0.2) is 12.3 Å². The van der Waals surface area contributed by atoms with Crippen LogP contribution in [0.1, 0.15) is 25.3 Å². The van der Waals surface area contributed by atoms with Gasteiger partial charge in [0.05, 0.1) is 0 Å². The summed E-state index contributed by atoms with van der Waals surface area (Å²) in [6, 6.07) is 2.61. The highest BCUT2D eigenvalue weighted by Crippen LogP contribution is 2.23. The van der Waals surface area contributed by atoms with Crippen molar-refractivity contribution in [2.75, 3.05) is 18.8 Å². The average Bonchev–Trinajstić information content (AvgIpc) is 2.95. The van der Waals surface area contributed by atoms with Crippen LogP contribution in [0.5, 0.6) is 0 Å². The molecule has 3 heterocycles. The van der Waals surface area contributed by atoms with Crippen LogP contribution >= 0.6 is 0 Å². The number of nitrogens with zero attached hydrogens (tertiary/aromatic N) is 4. The largest absolute Gasteiger partial charge is 0.369 e. The molecule has 2 aromatic rings. The van der Waals surface area contributed by atoms with Crippen molar-refractivity contribution in [2.24, 2.45) is 0 Å². The summed E-state index contributed by atoms with van der Waals surface area (Å²) in [4.78, 5) is 11.4. The molecular weight excluding hydrogens is 238 g/mol. The van der Waals surface area contributed by atoms with Crippen LogP contribution in [0.2, 0.25) is 0 Å². The number of rotatable bonds is 3. The molecule has 0 aromatic carbocycles. The molecule has 2 aromatic heterocycles. The summed E-state index contributed by atoms with van der Waals surface area (Å²) < 4.78 is 2.06. The molecule has 19 heavy (non-hydrogen) atoms. The second-order valence-corrected chi connectivity index (χ2v) is 5.36. The number of likely N-dealkylation sites (tertiary alicyclic amines) is 1. The Bertz CT molecular complexity index is 589. The van der Waals surface area contributed by atoms with Gasteiger partial charge in [0, 0.05) is 18.8 Å². The van der Waals surface area contributed by atoms with Gasteiger partial charge in [-0.25, -0.2) is 9.97 Å². The fourth-order valence-corrected chi connectivity index (χ4v) is 3.04. The first-order valence-corrected chi connectivity index (χ1v) is 7.01. The maximum Gasteiger partial charge on any atom is 0.202 e. The lowest BCUT2D eigenvalue weighted by atomic mass is 10.2. The molecule has 1 aliphatic heterocycles. The van der Waals surface area contributed by atoms with Crippen LogP contribution in [-0.4, -0.2) is 38.6 Å². The van der Waals surface area contributed by atoms with E-state index in [0.29, 0.717) is 12.0 Å². The van der Waals surface area contributed by atoms with Crippen molar-refractivity contribution in [3.63, 3.8) is 0 Å². The molecule has 2 N–H and O–H groups in total. The molecule has 1 unspecified atom stereocenters. The van der Waals surface area contributed by atoms with E-state index < -0.39 is 0 Å². The summed E-state index contributed by atoms with van der Waals surface area (Å²) in [6.45, 7) is 7.43. The monoisotopic (exact) mass is 259 g/mol. The van der Waals surface area contributed by atoms with E-state index in [1.54, 1.807) is 0 Å². The fraction of sp³-hybridized carbons (Fsp3) is 0.571. The molecule has 5 heteroatoms. The average molecular weight is 259 g/mol. The van der Waals surface area contributed by atoms with Crippen LogP contribution in [0.25, 0.3) is 11.2 Å². The number of hydrogen-bond donors (Lipinski definition) is 1. The molecule has 3 rings (SSSR count). The summed E-state index contributed by atoms with van der Waals surface area (Å²) in [5.41, 5.74) is 8.99. The quantitative estimate of drug-likeness (QED) is 0.913. The topological polar surface area (TPSA) is 60.0 Å². The number of pyridine rings is 1. The zero-order chi connectivity index (χ0) is 13.4. The third-order valence-electron chi connectivity index (χ3n) is 4.05. The number of nitrogen functional groups attached to an aromatic ring is 1. The molecule has 1 aliphatic rings. The van der Waals surface area contributed by atoms with Crippen molar-refractivity contribution >= 4 is 17.1 Å². The molecule has 0 saturated carbocycles. The minimum Gasteiger partial charge on any atom is -0.369 e. The molecule has 102 valence electrons. The van der Waals surface area contributed by atoms with E-state index in [1.165, 1.54) is 19.4 Å². The molecular formula is C14H21N5. The van der Waals surface area contributed by atoms with Crippen molar-refractivity contribution in [3.8, 4) is 0 Å². The van der Waals surface area contributed by atoms with E-state index in [4.69, 9.17) is 5.73 Å². The Labute approximate surface area is 113 Å². The van der Waals surface area contributed by atoms with Gasteiger partial charge in [-0.2, -0.15) is 0 Å². The first kappa shape index (κ1) is 12.4. The van der Waals surface area contributed by atoms with Crippen molar-refractivity contribution in [3.05, 3.63) is 17.8 Å². The number of fused-ring (bicyclic) bond motifs is 1. The van der Waals surface area contributed by atoms with Crippen LogP contribution in [0, 0.1) is 6.92 Å². The number of nitrogens with two attached hydrogens (primary N) is 1. The van der Waals surface area contributed by atoms with E-state index in [0.717, 1.165) is 29.8 Å². The van der Waals surface area contributed by atoms with Gasteiger partial charge in [-0.15, -0.1) is 0 Å². The highest BCUT2D eigenvalue weighted by atomic mass is 15.2. The maximum absolute atomic E-state index is 6.06. The Balaban J connectivity index is 1.94. The van der Waals surface area contributed by atoms with Gasteiger partial charge in [-0.1, -0.05) is 6.92 Å². The van der Waals surface area contributed by atoms with Gasteiger partial charge in [0.1, 0.15) is 5.52 Å². The Morgan fingerprint density at radius 3 is 3.11 bits per heavy atom. The summed E-state index contributed by atoms with van der Waals surface area (Å²) in [6.07, 6.45) is 4.39. The summed E-state index contributed by atoms with van der Waals surface area (Å²) in [7, 11) is 0. The normalized spacial score (nSPS) is 20.4. The molecule has 1 atom stereocenters. The SMILES string of the molecule is CCN1CCCC1Cn1c(N)nc2cc(C)cnc21. The Hall–Kier alpha value is -1.62. The third kappa shape index (κ3) is 2.18. The van der Waals surface area contributed by atoms with Crippen LogP contribution in [0.4, 0.5) is 5.95 Å². The van der Waals surface area contributed by atoms with Crippen molar-refractivity contribution in [1.82, 2.24) is 19.4 Å². The Morgan fingerprint density at radius 2 is 2.32 bits per heavy atom. The van der Waals surface area contributed by atoms with Crippen molar-refractivity contribution in [1.29, 1.82) is 0 Å². The molecule has 0 bridgehead atoms. The van der Waals surface area contributed by atoms with Crippen LogP contribution in [0.3, 0.4) is 0 Å². The summed E-state index contributed by atoms with van der Waals surface area (Å²) >= 11 is 0. The maximum atomic E-state index is 6.06. The lowest BCUT2D eigenvalue weighted by Gasteiger charge is -2.23. The third-order valence-corrected chi connectivity index (χ3v) is 4.05. The van der Waals surface area contributed by atoms with E-state index in [9.17, 15) is 0 Å². The highest BCUT2D eigenvalue weighted by molar-refractivity contribution is 5.74. The zero-order valence-corrected chi connectivity index (χ0v) is 11.6. The smallest absolute Gasteiger partial charge is 0.202 e. The molecule has 1 saturated heterocycles. The number of hydrogen-bond acceptors (Lipinski definition) is 4. The number of aryl methyl sites for hydroxylation is 1. The Morgan fingerprint density at radius 1 is 1.47 bits per heavy atom.